The third kappa shape index (κ3) is 2.38. The second kappa shape index (κ2) is 4.55. The van der Waals surface area contributed by atoms with Gasteiger partial charge >= 0.3 is 0 Å². The summed E-state index contributed by atoms with van der Waals surface area (Å²) in [6.07, 6.45) is 2.92. The van der Waals surface area contributed by atoms with Crippen LogP contribution in [0.5, 0.6) is 0 Å². The van der Waals surface area contributed by atoms with Crippen molar-refractivity contribution in [2.24, 2.45) is 5.92 Å². The molecule has 0 heterocycles. The minimum absolute atomic E-state index is 0.0166. The highest BCUT2D eigenvalue weighted by Gasteiger charge is 2.42. The Morgan fingerprint density at radius 1 is 1.29 bits per heavy atom. The van der Waals surface area contributed by atoms with Gasteiger partial charge in [-0.05, 0) is 25.8 Å². The van der Waals surface area contributed by atoms with Crippen LogP contribution in [0.15, 0.2) is 24.3 Å². The quantitative estimate of drug-likeness (QED) is 0.722. The summed E-state index contributed by atoms with van der Waals surface area (Å²) >= 11 is 0. The third-order valence-electron chi connectivity index (χ3n) is 3.52. The smallest absolute Gasteiger partial charge is 0.276 e. The average molecular weight is 238 g/mol. The van der Waals surface area contributed by atoms with E-state index in [0.717, 1.165) is 12.8 Å². The number of rotatable bonds is 3. The van der Waals surface area contributed by atoms with E-state index in [1.807, 2.05) is 0 Å². The highest BCUT2D eigenvalue weighted by molar-refractivity contribution is 5.94. The summed E-state index contributed by atoms with van der Waals surface area (Å²) in [6, 6.07) is 5.87. The van der Waals surface area contributed by atoms with Crippen molar-refractivity contribution >= 4 is 5.78 Å². The number of ketones is 1. The zero-order valence-electron chi connectivity index (χ0n) is 9.88. The molecule has 3 heteroatoms. The molecule has 0 bridgehead atoms. The molecule has 1 nitrogen and oxygen atoms in total. The molecular formula is C14H16F2O. The lowest BCUT2D eigenvalue weighted by atomic mass is 9.92. The average Bonchev–Trinajstić information content (AvgIpc) is 2.83. The first kappa shape index (κ1) is 12.2. The Morgan fingerprint density at radius 3 is 2.53 bits per heavy atom. The Kier molecular flexibility index (Phi) is 3.27. The summed E-state index contributed by atoms with van der Waals surface area (Å²) in [5.41, 5.74) is 0.345. The van der Waals surface area contributed by atoms with Gasteiger partial charge in [0, 0.05) is 17.0 Å². The van der Waals surface area contributed by atoms with Crippen LogP contribution in [0.25, 0.3) is 0 Å². The second-order valence-corrected chi connectivity index (χ2v) is 4.74. The van der Waals surface area contributed by atoms with Crippen LogP contribution < -0.4 is 0 Å². The number of halogens is 2. The summed E-state index contributed by atoms with van der Waals surface area (Å²) < 4.78 is 28.4. The molecule has 1 aromatic carbocycles. The van der Waals surface area contributed by atoms with Crippen molar-refractivity contribution in [3.8, 4) is 0 Å². The van der Waals surface area contributed by atoms with Crippen molar-refractivity contribution in [2.45, 2.75) is 38.5 Å². The maximum absolute atomic E-state index is 14.2. The first-order chi connectivity index (χ1) is 8.01. The van der Waals surface area contributed by atoms with Gasteiger partial charge in [0.25, 0.3) is 5.92 Å². The van der Waals surface area contributed by atoms with E-state index in [4.69, 9.17) is 0 Å². The fourth-order valence-corrected chi connectivity index (χ4v) is 2.47. The maximum atomic E-state index is 14.2. The van der Waals surface area contributed by atoms with Gasteiger partial charge in [-0.15, -0.1) is 0 Å². The van der Waals surface area contributed by atoms with Crippen LogP contribution in [0.2, 0.25) is 0 Å². The minimum Gasteiger partial charge on any atom is -0.295 e. The Balaban J connectivity index is 2.31. The molecule has 0 spiro atoms. The predicted molar refractivity (Wildman–Crippen MR) is 62.3 cm³/mol. The summed E-state index contributed by atoms with van der Waals surface area (Å²) in [6.45, 7) is 1.40. The molecule has 1 aliphatic rings. The van der Waals surface area contributed by atoms with Gasteiger partial charge in [0.1, 0.15) is 0 Å². The number of hydrogen-bond acceptors (Lipinski definition) is 1. The predicted octanol–water partition coefficient (Wildman–Crippen LogP) is 4.17. The third-order valence-corrected chi connectivity index (χ3v) is 3.52. The van der Waals surface area contributed by atoms with Gasteiger partial charge in [-0.25, -0.2) is 8.78 Å². The Morgan fingerprint density at radius 2 is 1.94 bits per heavy atom. The Bertz CT molecular complexity index is 420. The molecule has 2 rings (SSSR count). The molecule has 0 N–H and O–H groups in total. The highest BCUT2D eigenvalue weighted by atomic mass is 19.3. The van der Waals surface area contributed by atoms with Crippen molar-refractivity contribution in [3.05, 3.63) is 35.4 Å². The van der Waals surface area contributed by atoms with Gasteiger partial charge in [0.2, 0.25) is 0 Å². The number of carbonyl (C=O) groups excluding carboxylic acids is 1. The molecule has 0 unspecified atom stereocenters. The zero-order chi connectivity index (χ0) is 12.5. The lowest BCUT2D eigenvalue weighted by Crippen LogP contribution is -2.23. The van der Waals surface area contributed by atoms with E-state index in [-0.39, 0.29) is 11.3 Å². The fourth-order valence-electron chi connectivity index (χ4n) is 2.47. The monoisotopic (exact) mass is 238 g/mol. The first-order valence-corrected chi connectivity index (χ1v) is 6.01. The van der Waals surface area contributed by atoms with Crippen LogP contribution in [0.3, 0.4) is 0 Å². The van der Waals surface area contributed by atoms with Gasteiger partial charge in [0.05, 0.1) is 0 Å². The topological polar surface area (TPSA) is 17.1 Å². The van der Waals surface area contributed by atoms with E-state index >= 15 is 0 Å². The van der Waals surface area contributed by atoms with Gasteiger partial charge in [-0.1, -0.05) is 31.0 Å². The van der Waals surface area contributed by atoms with Crippen molar-refractivity contribution in [3.63, 3.8) is 0 Å². The SMILES string of the molecule is CC(=O)c1cccc(C(F)(F)C2CCCC2)c1. The summed E-state index contributed by atoms with van der Waals surface area (Å²) in [4.78, 5) is 11.2. The zero-order valence-corrected chi connectivity index (χ0v) is 9.88. The summed E-state index contributed by atoms with van der Waals surface area (Å²) in [5, 5.41) is 0. The Labute approximate surface area is 99.8 Å². The van der Waals surface area contributed by atoms with Crippen LogP contribution in [0.4, 0.5) is 8.78 Å². The number of hydrogen-bond donors (Lipinski definition) is 0. The molecule has 1 saturated carbocycles. The van der Waals surface area contributed by atoms with E-state index in [9.17, 15) is 13.6 Å². The van der Waals surface area contributed by atoms with Gasteiger partial charge in [-0.3, -0.25) is 4.79 Å². The molecule has 0 aromatic heterocycles. The van der Waals surface area contributed by atoms with E-state index in [1.165, 1.54) is 25.1 Å². The molecule has 0 radical (unpaired) electrons. The standard InChI is InChI=1S/C14H16F2O/c1-10(17)11-5-4-8-13(9-11)14(15,16)12-6-2-3-7-12/h4-5,8-9,12H,2-3,6-7H2,1H3. The van der Waals surface area contributed by atoms with Crippen molar-refractivity contribution < 1.29 is 13.6 Å². The molecule has 17 heavy (non-hydrogen) atoms. The molecule has 1 aromatic rings. The molecule has 0 atom stereocenters. The number of Topliss-reactive ketones (excluding diaryl/α,β-unsaturated/α-hetero) is 1. The largest absolute Gasteiger partial charge is 0.295 e. The van der Waals surface area contributed by atoms with Crippen LogP contribution in [-0.4, -0.2) is 5.78 Å². The molecule has 92 valence electrons. The van der Waals surface area contributed by atoms with Gasteiger partial charge < -0.3 is 0 Å². The van der Waals surface area contributed by atoms with Crippen LogP contribution in [0.1, 0.15) is 48.5 Å². The van der Waals surface area contributed by atoms with Crippen LogP contribution >= 0.6 is 0 Å². The second-order valence-electron chi connectivity index (χ2n) is 4.74. The molecule has 0 saturated heterocycles. The van der Waals surface area contributed by atoms with E-state index in [0.29, 0.717) is 18.4 Å². The number of alkyl halides is 2. The van der Waals surface area contributed by atoms with Crippen molar-refractivity contribution in [2.75, 3.05) is 0 Å². The maximum Gasteiger partial charge on any atom is 0.276 e. The molecule has 1 fully saturated rings. The number of carbonyl (C=O) groups is 1. The van der Waals surface area contributed by atoms with Crippen molar-refractivity contribution in [1.29, 1.82) is 0 Å². The minimum atomic E-state index is -2.80. The van der Waals surface area contributed by atoms with E-state index in [2.05, 4.69) is 0 Å². The van der Waals surface area contributed by atoms with E-state index in [1.54, 1.807) is 6.07 Å². The molecular weight excluding hydrogens is 222 g/mol. The van der Waals surface area contributed by atoms with Crippen LogP contribution in [0, 0.1) is 5.92 Å². The molecule has 1 aliphatic carbocycles. The number of benzene rings is 1. The normalized spacial score (nSPS) is 17.4. The fraction of sp³-hybridized carbons (Fsp3) is 0.500. The lowest BCUT2D eigenvalue weighted by molar-refractivity contribution is -0.0626. The summed E-state index contributed by atoms with van der Waals surface area (Å²) in [7, 11) is 0. The van der Waals surface area contributed by atoms with E-state index < -0.39 is 11.8 Å². The van der Waals surface area contributed by atoms with Crippen LogP contribution in [-0.2, 0) is 5.92 Å². The Hall–Kier alpha value is -1.25. The molecule has 0 amide bonds. The highest BCUT2D eigenvalue weighted by Crippen LogP contribution is 2.44. The lowest BCUT2D eigenvalue weighted by Gasteiger charge is -2.23. The molecule has 0 aliphatic heterocycles. The summed E-state index contributed by atoms with van der Waals surface area (Å²) in [5.74, 6) is -3.54. The van der Waals surface area contributed by atoms with Gasteiger partial charge in [0.15, 0.2) is 5.78 Å². The first-order valence-electron chi connectivity index (χ1n) is 6.01. The van der Waals surface area contributed by atoms with Gasteiger partial charge in [-0.2, -0.15) is 0 Å². The van der Waals surface area contributed by atoms with Crippen molar-refractivity contribution in [1.82, 2.24) is 0 Å².